The summed E-state index contributed by atoms with van der Waals surface area (Å²) in [6, 6.07) is 11.9. The number of ether oxygens (including phenoxy) is 3. The van der Waals surface area contributed by atoms with Crippen LogP contribution in [0.1, 0.15) is 16.7 Å². The SMILES string of the molecule is COc1ccc2c(c1)C1(COC(N)=N1)c1cc(C)ccc1O2. The van der Waals surface area contributed by atoms with Crippen molar-refractivity contribution in [3.63, 3.8) is 0 Å². The Morgan fingerprint density at radius 3 is 2.55 bits per heavy atom. The van der Waals surface area contributed by atoms with Crippen LogP contribution in [-0.4, -0.2) is 19.7 Å². The molecule has 1 unspecified atom stereocenters. The maximum Gasteiger partial charge on any atom is 0.283 e. The molecule has 0 amide bonds. The first-order chi connectivity index (χ1) is 10.6. The number of benzene rings is 2. The van der Waals surface area contributed by atoms with E-state index in [1.54, 1.807) is 7.11 Å². The fraction of sp³-hybridized carbons (Fsp3) is 0.235. The first kappa shape index (κ1) is 13.0. The lowest BCUT2D eigenvalue weighted by molar-refractivity contribution is 0.264. The zero-order chi connectivity index (χ0) is 15.3. The molecule has 5 nitrogen and oxygen atoms in total. The highest BCUT2D eigenvalue weighted by Crippen LogP contribution is 2.51. The molecule has 2 heterocycles. The van der Waals surface area contributed by atoms with Gasteiger partial charge in [0.25, 0.3) is 6.02 Å². The topological polar surface area (TPSA) is 66.1 Å². The molecule has 0 fully saturated rings. The molecule has 0 aromatic heterocycles. The van der Waals surface area contributed by atoms with Crippen molar-refractivity contribution in [2.24, 2.45) is 10.7 Å². The summed E-state index contributed by atoms with van der Waals surface area (Å²) in [6.45, 7) is 2.40. The highest BCUT2D eigenvalue weighted by Gasteiger charge is 2.47. The van der Waals surface area contributed by atoms with Crippen molar-refractivity contribution in [3.8, 4) is 17.2 Å². The van der Waals surface area contributed by atoms with Gasteiger partial charge in [-0.3, -0.25) is 0 Å². The van der Waals surface area contributed by atoms with Crippen LogP contribution in [0.4, 0.5) is 0 Å². The minimum absolute atomic E-state index is 0.197. The third-order valence-corrected chi connectivity index (χ3v) is 4.16. The Morgan fingerprint density at radius 2 is 1.86 bits per heavy atom. The average molecular weight is 296 g/mol. The van der Waals surface area contributed by atoms with Gasteiger partial charge in [0.05, 0.1) is 7.11 Å². The normalized spacial score (nSPS) is 21.5. The summed E-state index contributed by atoms with van der Waals surface area (Å²) in [6.07, 6.45) is 0. The average Bonchev–Trinajstić information content (AvgIpc) is 2.91. The van der Waals surface area contributed by atoms with E-state index in [-0.39, 0.29) is 6.02 Å². The van der Waals surface area contributed by atoms with Gasteiger partial charge in [-0.1, -0.05) is 11.6 Å². The Balaban J connectivity index is 2.02. The van der Waals surface area contributed by atoms with Crippen molar-refractivity contribution in [2.75, 3.05) is 13.7 Å². The molecule has 2 N–H and O–H groups in total. The summed E-state index contributed by atoms with van der Waals surface area (Å²) in [7, 11) is 1.64. The third kappa shape index (κ3) is 1.68. The molecule has 22 heavy (non-hydrogen) atoms. The zero-order valence-electron chi connectivity index (χ0n) is 12.4. The second kappa shape index (κ2) is 4.40. The van der Waals surface area contributed by atoms with E-state index < -0.39 is 5.54 Å². The van der Waals surface area contributed by atoms with E-state index in [1.807, 2.05) is 37.3 Å². The van der Waals surface area contributed by atoms with Crippen LogP contribution in [0.5, 0.6) is 17.2 Å². The number of fused-ring (bicyclic) bond motifs is 4. The Hall–Kier alpha value is -2.69. The van der Waals surface area contributed by atoms with Gasteiger partial charge >= 0.3 is 0 Å². The van der Waals surface area contributed by atoms with Crippen LogP contribution in [0, 0.1) is 6.92 Å². The Kier molecular flexibility index (Phi) is 2.60. The van der Waals surface area contributed by atoms with Crippen molar-refractivity contribution >= 4 is 6.02 Å². The molecule has 5 heteroatoms. The van der Waals surface area contributed by atoms with Gasteiger partial charge in [-0.05, 0) is 37.3 Å². The van der Waals surface area contributed by atoms with Gasteiger partial charge in [-0.2, -0.15) is 0 Å². The molecule has 1 spiro atoms. The molecule has 0 saturated heterocycles. The molecule has 0 radical (unpaired) electrons. The van der Waals surface area contributed by atoms with Gasteiger partial charge < -0.3 is 19.9 Å². The highest BCUT2D eigenvalue weighted by molar-refractivity contribution is 5.77. The Labute approximate surface area is 128 Å². The lowest BCUT2D eigenvalue weighted by atomic mass is 9.81. The number of methoxy groups -OCH3 is 1. The lowest BCUT2D eigenvalue weighted by Crippen LogP contribution is -2.31. The van der Waals surface area contributed by atoms with E-state index in [9.17, 15) is 0 Å². The fourth-order valence-corrected chi connectivity index (χ4v) is 3.07. The van der Waals surface area contributed by atoms with Gasteiger partial charge in [0.15, 0.2) is 5.54 Å². The van der Waals surface area contributed by atoms with Crippen molar-refractivity contribution in [1.29, 1.82) is 0 Å². The van der Waals surface area contributed by atoms with Crippen LogP contribution in [0.2, 0.25) is 0 Å². The maximum atomic E-state index is 6.03. The Bertz CT molecular complexity index is 800. The van der Waals surface area contributed by atoms with Crippen LogP contribution < -0.4 is 15.2 Å². The summed E-state index contributed by atoms with van der Waals surface area (Å²) in [4.78, 5) is 4.62. The highest BCUT2D eigenvalue weighted by atomic mass is 16.5. The molecule has 0 saturated carbocycles. The van der Waals surface area contributed by atoms with E-state index in [4.69, 9.17) is 19.9 Å². The number of hydrogen-bond acceptors (Lipinski definition) is 5. The number of amidine groups is 1. The first-order valence-electron chi connectivity index (χ1n) is 7.08. The molecular formula is C17H16N2O3. The second-order valence-corrected chi connectivity index (χ2v) is 5.56. The fourth-order valence-electron chi connectivity index (χ4n) is 3.07. The summed E-state index contributed by atoms with van der Waals surface area (Å²) in [5.41, 5.74) is 8.15. The van der Waals surface area contributed by atoms with E-state index in [1.165, 1.54) is 0 Å². The van der Waals surface area contributed by atoms with Gasteiger partial charge in [0, 0.05) is 11.1 Å². The number of nitrogens with zero attached hydrogens (tertiary/aromatic N) is 1. The van der Waals surface area contributed by atoms with Gasteiger partial charge in [-0.25, -0.2) is 4.99 Å². The second-order valence-electron chi connectivity index (χ2n) is 5.56. The summed E-state index contributed by atoms with van der Waals surface area (Å²) in [5.74, 6) is 2.28. The molecule has 2 aromatic rings. The molecule has 4 rings (SSSR count). The first-order valence-corrected chi connectivity index (χ1v) is 7.08. The molecule has 0 bridgehead atoms. The van der Waals surface area contributed by atoms with E-state index in [0.717, 1.165) is 33.9 Å². The van der Waals surface area contributed by atoms with Crippen molar-refractivity contribution in [2.45, 2.75) is 12.5 Å². The third-order valence-electron chi connectivity index (χ3n) is 4.16. The number of aliphatic imine (C=N–C) groups is 1. The standard InChI is InChI=1S/C17H16N2O3/c1-10-3-5-14-12(7-10)17(9-21-16(18)19-17)13-8-11(20-2)4-6-15(13)22-14/h3-8H,9H2,1-2H3,(H2,18,19). The Morgan fingerprint density at radius 1 is 1.14 bits per heavy atom. The largest absolute Gasteiger partial charge is 0.497 e. The molecule has 0 aliphatic carbocycles. The van der Waals surface area contributed by atoms with E-state index in [2.05, 4.69) is 11.1 Å². The molecule has 1 atom stereocenters. The number of hydrogen-bond donors (Lipinski definition) is 1. The number of aryl methyl sites for hydroxylation is 1. The lowest BCUT2D eigenvalue weighted by Gasteiger charge is -2.33. The number of nitrogens with two attached hydrogens (primary N) is 1. The van der Waals surface area contributed by atoms with Crippen LogP contribution in [0.15, 0.2) is 41.4 Å². The van der Waals surface area contributed by atoms with Crippen LogP contribution in [0.25, 0.3) is 0 Å². The van der Waals surface area contributed by atoms with Crippen LogP contribution in [-0.2, 0) is 10.3 Å². The quantitative estimate of drug-likeness (QED) is 0.878. The molecule has 112 valence electrons. The summed E-state index contributed by atoms with van der Waals surface area (Å²) in [5, 5.41) is 0. The van der Waals surface area contributed by atoms with Gasteiger partial charge in [0.1, 0.15) is 23.9 Å². The van der Waals surface area contributed by atoms with Gasteiger partial charge in [-0.15, -0.1) is 0 Å². The van der Waals surface area contributed by atoms with E-state index >= 15 is 0 Å². The van der Waals surface area contributed by atoms with Crippen LogP contribution >= 0.6 is 0 Å². The molecular weight excluding hydrogens is 280 g/mol. The van der Waals surface area contributed by atoms with Crippen molar-refractivity contribution in [1.82, 2.24) is 0 Å². The predicted octanol–water partition coefficient (Wildman–Crippen LogP) is 2.70. The summed E-state index contributed by atoms with van der Waals surface area (Å²) < 4.78 is 16.9. The number of rotatable bonds is 1. The smallest absolute Gasteiger partial charge is 0.283 e. The molecule has 2 aliphatic heterocycles. The van der Waals surface area contributed by atoms with Crippen molar-refractivity contribution < 1.29 is 14.2 Å². The molecule has 2 aromatic carbocycles. The summed E-state index contributed by atoms with van der Waals surface area (Å²) >= 11 is 0. The minimum atomic E-state index is -0.673. The minimum Gasteiger partial charge on any atom is -0.497 e. The monoisotopic (exact) mass is 296 g/mol. The van der Waals surface area contributed by atoms with Crippen LogP contribution in [0.3, 0.4) is 0 Å². The zero-order valence-corrected chi connectivity index (χ0v) is 12.4. The molecule has 2 aliphatic rings. The van der Waals surface area contributed by atoms with E-state index in [0.29, 0.717) is 6.61 Å². The van der Waals surface area contributed by atoms with Gasteiger partial charge in [0.2, 0.25) is 0 Å². The van der Waals surface area contributed by atoms with Crippen molar-refractivity contribution in [3.05, 3.63) is 53.1 Å². The predicted molar refractivity (Wildman–Crippen MR) is 82.6 cm³/mol. The maximum absolute atomic E-state index is 6.03.